The maximum absolute atomic E-state index is 4.16. The Morgan fingerprint density at radius 2 is 2.24 bits per heavy atom. The average Bonchev–Trinajstić information content (AvgIpc) is 2.30. The number of allylic oxidation sites excluding steroid dienone is 5. The number of nitrogens with one attached hydrogen (secondary N) is 1. The summed E-state index contributed by atoms with van der Waals surface area (Å²) in [6, 6.07) is 0. The van der Waals surface area contributed by atoms with Gasteiger partial charge in [-0.15, -0.1) is 0 Å². The van der Waals surface area contributed by atoms with Crippen LogP contribution in [0.1, 0.15) is 33.1 Å². The van der Waals surface area contributed by atoms with Crippen LogP contribution < -0.4 is 5.32 Å². The molecule has 0 saturated heterocycles. The fourth-order valence-electron chi connectivity index (χ4n) is 1.83. The Labute approximate surface area is 110 Å². The molecule has 0 aromatic rings. The van der Waals surface area contributed by atoms with Gasteiger partial charge in [-0.3, -0.25) is 0 Å². The zero-order chi connectivity index (χ0) is 12.7. The molecule has 0 spiro atoms. The van der Waals surface area contributed by atoms with Crippen molar-refractivity contribution in [1.82, 2.24) is 5.32 Å². The molecule has 1 N–H and O–H groups in total. The molecule has 1 nitrogen and oxygen atoms in total. The summed E-state index contributed by atoms with van der Waals surface area (Å²) in [5, 5.41) is 3.97. The standard InChI is InChI=1S/C15H23NS/c1-5-15(17-4)13(3)16-14-11-9-7-6-8-10-12(14)2/h6,8-9,11,15-16H,3,5,7,10H2,1-2,4H3/b8-6?,11-9-,14-12+. The quantitative estimate of drug-likeness (QED) is 0.724. The zero-order valence-corrected chi connectivity index (χ0v) is 11.9. The molecule has 0 amide bonds. The summed E-state index contributed by atoms with van der Waals surface area (Å²) in [6.07, 6.45) is 14.1. The first kappa shape index (κ1) is 14.2. The molecule has 1 atom stereocenters. The molecule has 0 saturated carbocycles. The highest BCUT2D eigenvalue weighted by Gasteiger charge is 2.10. The lowest BCUT2D eigenvalue weighted by molar-refractivity contribution is 0.835. The van der Waals surface area contributed by atoms with Crippen molar-refractivity contribution in [3.63, 3.8) is 0 Å². The van der Waals surface area contributed by atoms with Gasteiger partial charge in [-0.1, -0.05) is 31.7 Å². The van der Waals surface area contributed by atoms with Crippen LogP contribution in [0.4, 0.5) is 0 Å². The van der Waals surface area contributed by atoms with E-state index in [1.165, 1.54) is 11.3 Å². The largest absolute Gasteiger partial charge is 0.359 e. The second kappa shape index (κ2) is 7.44. The lowest BCUT2D eigenvalue weighted by Gasteiger charge is -2.20. The summed E-state index contributed by atoms with van der Waals surface area (Å²) >= 11 is 1.85. The van der Waals surface area contributed by atoms with E-state index in [9.17, 15) is 0 Å². The molecule has 0 fully saturated rings. The summed E-state index contributed by atoms with van der Waals surface area (Å²) in [5.74, 6) is 0. The summed E-state index contributed by atoms with van der Waals surface area (Å²) in [6.45, 7) is 8.54. The minimum atomic E-state index is 0.490. The monoisotopic (exact) mass is 249 g/mol. The summed E-state index contributed by atoms with van der Waals surface area (Å²) < 4.78 is 0. The van der Waals surface area contributed by atoms with Crippen LogP contribution in [0.2, 0.25) is 0 Å². The maximum atomic E-state index is 4.16. The van der Waals surface area contributed by atoms with Crippen molar-refractivity contribution in [1.29, 1.82) is 0 Å². The first-order chi connectivity index (χ1) is 8.19. The molecule has 1 unspecified atom stereocenters. The Morgan fingerprint density at radius 3 is 2.88 bits per heavy atom. The second-order valence-corrected chi connectivity index (χ2v) is 5.33. The first-order valence-corrected chi connectivity index (χ1v) is 7.47. The molecule has 1 aliphatic carbocycles. The molecule has 0 aliphatic heterocycles. The molecule has 1 rings (SSSR count). The normalized spacial score (nSPS) is 23.7. The molecule has 1 aliphatic rings. The van der Waals surface area contributed by atoms with Crippen molar-refractivity contribution in [2.75, 3.05) is 6.26 Å². The van der Waals surface area contributed by atoms with E-state index in [0.29, 0.717) is 5.25 Å². The van der Waals surface area contributed by atoms with Crippen LogP contribution >= 0.6 is 11.8 Å². The van der Waals surface area contributed by atoms with Crippen molar-refractivity contribution in [3.05, 3.63) is 47.9 Å². The highest BCUT2D eigenvalue weighted by atomic mass is 32.2. The van der Waals surface area contributed by atoms with Crippen LogP contribution in [0.3, 0.4) is 0 Å². The van der Waals surface area contributed by atoms with Gasteiger partial charge in [-0.2, -0.15) is 11.8 Å². The Kier molecular flexibility index (Phi) is 6.20. The van der Waals surface area contributed by atoms with Crippen molar-refractivity contribution in [3.8, 4) is 0 Å². The fourth-order valence-corrected chi connectivity index (χ4v) is 2.51. The van der Waals surface area contributed by atoms with Crippen molar-refractivity contribution in [2.45, 2.75) is 38.4 Å². The van der Waals surface area contributed by atoms with Crippen LogP contribution in [-0.2, 0) is 0 Å². The van der Waals surface area contributed by atoms with Crippen molar-refractivity contribution < 1.29 is 0 Å². The van der Waals surface area contributed by atoms with Crippen LogP contribution in [0, 0.1) is 0 Å². The smallest absolute Gasteiger partial charge is 0.0436 e. The number of thioether (sulfide) groups is 1. The van der Waals surface area contributed by atoms with Gasteiger partial charge >= 0.3 is 0 Å². The lowest BCUT2D eigenvalue weighted by atomic mass is 10.1. The van der Waals surface area contributed by atoms with E-state index in [1.54, 1.807) is 0 Å². The van der Waals surface area contributed by atoms with E-state index < -0.39 is 0 Å². The van der Waals surface area contributed by atoms with E-state index in [0.717, 1.165) is 25.0 Å². The van der Waals surface area contributed by atoms with Gasteiger partial charge in [0.2, 0.25) is 0 Å². The van der Waals surface area contributed by atoms with Gasteiger partial charge in [0.05, 0.1) is 0 Å². The molecule has 0 aromatic carbocycles. The molecule has 2 heteroatoms. The summed E-state index contributed by atoms with van der Waals surface area (Å²) in [4.78, 5) is 0. The van der Waals surface area contributed by atoms with Crippen molar-refractivity contribution in [2.24, 2.45) is 0 Å². The average molecular weight is 249 g/mol. The predicted octanol–water partition coefficient (Wildman–Crippen LogP) is 4.41. The van der Waals surface area contributed by atoms with E-state index in [2.05, 4.69) is 56.3 Å². The number of hydrogen-bond donors (Lipinski definition) is 1. The third-order valence-electron chi connectivity index (χ3n) is 2.95. The Morgan fingerprint density at radius 1 is 1.47 bits per heavy atom. The van der Waals surface area contributed by atoms with Crippen LogP contribution in [0.15, 0.2) is 47.9 Å². The van der Waals surface area contributed by atoms with Gasteiger partial charge in [0, 0.05) is 16.6 Å². The Hall–Kier alpha value is -0.890. The van der Waals surface area contributed by atoms with Gasteiger partial charge in [0.25, 0.3) is 0 Å². The molecule has 0 radical (unpaired) electrons. The molecular weight excluding hydrogens is 226 g/mol. The summed E-state index contributed by atoms with van der Waals surface area (Å²) in [5.41, 5.74) is 3.70. The fraction of sp³-hybridized carbons (Fsp3) is 0.467. The van der Waals surface area contributed by atoms with Gasteiger partial charge in [0.15, 0.2) is 0 Å². The van der Waals surface area contributed by atoms with Gasteiger partial charge in [0.1, 0.15) is 0 Å². The SMILES string of the molecule is C=C(NC1=C(\C)CC=CC/C=C\1)C(CC)SC. The van der Waals surface area contributed by atoms with E-state index in [-0.39, 0.29) is 0 Å². The maximum Gasteiger partial charge on any atom is 0.0436 e. The molecule has 17 heavy (non-hydrogen) atoms. The molecule has 0 heterocycles. The molecule has 0 aromatic heterocycles. The van der Waals surface area contributed by atoms with Crippen molar-refractivity contribution >= 4 is 11.8 Å². The van der Waals surface area contributed by atoms with Crippen LogP contribution in [0.5, 0.6) is 0 Å². The molecule has 94 valence electrons. The number of rotatable bonds is 5. The zero-order valence-electron chi connectivity index (χ0n) is 11.1. The minimum absolute atomic E-state index is 0.490. The topological polar surface area (TPSA) is 12.0 Å². The highest BCUT2D eigenvalue weighted by Crippen LogP contribution is 2.20. The molecular formula is C15H23NS. The third-order valence-corrected chi connectivity index (χ3v) is 4.13. The Bertz CT molecular complexity index is 346. The Balaban J connectivity index is 2.74. The summed E-state index contributed by atoms with van der Waals surface area (Å²) in [7, 11) is 0. The van der Waals surface area contributed by atoms with E-state index in [1.807, 2.05) is 11.8 Å². The number of hydrogen-bond acceptors (Lipinski definition) is 2. The van der Waals surface area contributed by atoms with E-state index in [4.69, 9.17) is 0 Å². The van der Waals surface area contributed by atoms with Gasteiger partial charge in [-0.05, 0) is 44.1 Å². The van der Waals surface area contributed by atoms with E-state index >= 15 is 0 Å². The third kappa shape index (κ3) is 4.47. The van der Waals surface area contributed by atoms with Gasteiger partial charge in [-0.25, -0.2) is 0 Å². The van der Waals surface area contributed by atoms with Crippen LogP contribution in [-0.4, -0.2) is 11.5 Å². The van der Waals surface area contributed by atoms with Crippen LogP contribution in [0.25, 0.3) is 0 Å². The highest BCUT2D eigenvalue weighted by molar-refractivity contribution is 7.99. The first-order valence-electron chi connectivity index (χ1n) is 6.19. The lowest BCUT2D eigenvalue weighted by Crippen LogP contribution is -2.20. The molecule has 0 bridgehead atoms. The predicted molar refractivity (Wildman–Crippen MR) is 80.1 cm³/mol. The minimum Gasteiger partial charge on any atom is -0.359 e. The van der Waals surface area contributed by atoms with Gasteiger partial charge < -0.3 is 5.32 Å². The second-order valence-electron chi connectivity index (χ2n) is 4.29.